The number of halogens is 1. The molecule has 1 N–H and O–H groups in total. The maximum absolute atomic E-state index is 13.8. The molecular weight excluding hydrogens is 554 g/mol. The van der Waals surface area contributed by atoms with Gasteiger partial charge in [-0.2, -0.15) is 0 Å². The van der Waals surface area contributed by atoms with E-state index in [1.54, 1.807) is 50.2 Å². The molecule has 0 radical (unpaired) electrons. The highest BCUT2D eigenvalue weighted by Crippen LogP contribution is 2.27. The Morgan fingerprint density at radius 1 is 0.973 bits per heavy atom. The van der Waals surface area contributed by atoms with Gasteiger partial charge in [0.15, 0.2) is 0 Å². The van der Waals surface area contributed by atoms with Gasteiger partial charge in [-0.3, -0.25) is 13.9 Å². The number of nitrogens with zero attached hydrogens (tertiary/aromatic N) is 2. The van der Waals surface area contributed by atoms with Crippen LogP contribution in [0.3, 0.4) is 0 Å². The number of carbonyl (C=O) groups is 2. The second-order valence-electron chi connectivity index (χ2n) is 8.82. The SMILES string of the molecule is CCNC(=O)[C@@H](C)N(Cc1ccccc1C)C(=O)CN(c1cccc(Br)c1)S(=O)(=O)c1ccc(C)cc1. The number of rotatable bonds is 10. The van der Waals surface area contributed by atoms with E-state index in [4.69, 9.17) is 0 Å². The molecule has 0 saturated carbocycles. The van der Waals surface area contributed by atoms with Gasteiger partial charge in [0.25, 0.3) is 10.0 Å². The molecule has 0 aromatic heterocycles. The molecule has 0 heterocycles. The molecule has 0 fully saturated rings. The number of anilines is 1. The second-order valence-corrected chi connectivity index (χ2v) is 11.6. The van der Waals surface area contributed by atoms with Crippen molar-refractivity contribution in [1.29, 1.82) is 0 Å². The maximum Gasteiger partial charge on any atom is 0.264 e. The number of hydrogen-bond acceptors (Lipinski definition) is 4. The molecular formula is C28H32BrN3O4S. The molecule has 0 saturated heterocycles. The van der Waals surface area contributed by atoms with Crippen LogP contribution in [-0.4, -0.2) is 44.3 Å². The fraction of sp³-hybridized carbons (Fsp3) is 0.286. The van der Waals surface area contributed by atoms with Gasteiger partial charge < -0.3 is 10.2 Å². The first-order chi connectivity index (χ1) is 17.5. The Bertz CT molecular complexity index is 1360. The van der Waals surface area contributed by atoms with E-state index in [9.17, 15) is 18.0 Å². The topological polar surface area (TPSA) is 86.8 Å². The normalized spacial score (nSPS) is 12.0. The highest BCUT2D eigenvalue weighted by atomic mass is 79.9. The molecule has 0 aliphatic heterocycles. The van der Waals surface area contributed by atoms with Gasteiger partial charge in [-0.15, -0.1) is 0 Å². The summed E-state index contributed by atoms with van der Waals surface area (Å²) >= 11 is 3.40. The lowest BCUT2D eigenvalue weighted by atomic mass is 10.1. The number of hydrogen-bond donors (Lipinski definition) is 1. The number of amides is 2. The Kier molecular flexibility index (Phi) is 9.50. The van der Waals surface area contributed by atoms with Crippen molar-refractivity contribution in [3.05, 3.63) is 94.0 Å². The van der Waals surface area contributed by atoms with E-state index in [2.05, 4.69) is 21.2 Å². The Balaban J connectivity index is 2.04. The van der Waals surface area contributed by atoms with Crippen molar-refractivity contribution in [2.24, 2.45) is 0 Å². The highest BCUT2D eigenvalue weighted by Gasteiger charge is 2.32. The van der Waals surface area contributed by atoms with Crippen LogP contribution in [0.15, 0.2) is 82.2 Å². The van der Waals surface area contributed by atoms with Gasteiger partial charge >= 0.3 is 0 Å². The first-order valence-corrected chi connectivity index (χ1v) is 14.2. The summed E-state index contributed by atoms with van der Waals surface area (Å²) in [4.78, 5) is 28.1. The molecule has 0 unspecified atom stereocenters. The fourth-order valence-electron chi connectivity index (χ4n) is 3.87. The smallest absolute Gasteiger partial charge is 0.264 e. The molecule has 1 atom stereocenters. The molecule has 2 amide bonds. The van der Waals surface area contributed by atoms with Crippen LogP contribution in [0.25, 0.3) is 0 Å². The summed E-state index contributed by atoms with van der Waals surface area (Å²) in [5, 5.41) is 2.76. The van der Waals surface area contributed by atoms with E-state index >= 15 is 0 Å². The number of sulfonamides is 1. The summed E-state index contributed by atoms with van der Waals surface area (Å²) in [6, 6.07) is 20.1. The quantitative estimate of drug-likeness (QED) is 0.370. The Morgan fingerprint density at radius 3 is 2.27 bits per heavy atom. The third kappa shape index (κ3) is 6.99. The van der Waals surface area contributed by atoms with Gasteiger partial charge in [-0.1, -0.05) is 64.0 Å². The Morgan fingerprint density at radius 2 is 1.65 bits per heavy atom. The molecule has 196 valence electrons. The Labute approximate surface area is 227 Å². The predicted octanol–water partition coefficient (Wildman–Crippen LogP) is 4.81. The molecule has 37 heavy (non-hydrogen) atoms. The van der Waals surface area contributed by atoms with Crippen molar-refractivity contribution >= 4 is 43.5 Å². The van der Waals surface area contributed by atoms with Crippen molar-refractivity contribution in [2.75, 3.05) is 17.4 Å². The number of carbonyl (C=O) groups excluding carboxylic acids is 2. The Hall–Kier alpha value is -3.17. The van der Waals surface area contributed by atoms with Gasteiger partial charge in [0.05, 0.1) is 10.6 Å². The molecule has 3 aromatic rings. The zero-order chi connectivity index (χ0) is 27.2. The lowest BCUT2D eigenvalue weighted by molar-refractivity contribution is -0.139. The number of aryl methyl sites for hydroxylation is 2. The van der Waals surface area contributed by atoms with Crippen LogP contribution < -0.4 is 9.62 Å². The van der Waals surface area contributed by atoms with Crippen molar-refractivity contribution < 1.29 is 18.0 Å². The minimum absolute atomic E-state index is 0.0769. The third-order valence-electron chi connectivity index (χ3n) is 6.10. The van der Waals surface area contributed by atoms with E-state index in [1.807, 2.05) is 38.1 Å². The van der Waals surface area contributed by atoms with Crippen LogP contribution in [0.4, 0.5) is 5.69 Å². The lowest BCUT2D eigenvalue weighted by Crippen LogP contribution is -2.51. The molecule has 3 rings (SSSR count). The molecule has 7 nitrogen and oxygen atoms in total. The molecule has 0 spiro atoms. The van der Waals surface area contributed by atoms with E-state index in [-0.39, 0.29) is 17.3 Å². The minimum atomic E-state index is -4.09. The van der Waals surface area contributed by atoms with Gasteiger partial charge in [-0.25, -0.2) is 8.42 Å². The van der Waals surface area contributed by atoms with Crippen molar-refractivity contribution in [3.8, 4) is 0 Å². The highest BCUT2D eigenvalue weighted by molar-refractivity contribution is 9.10. The van der Waals surface area contributed by atoms with E-state index < -0.39 is 28.5 Å². The van der Waals surface area contributed by atoms with Crippen LogP contribution in [-0.2, 0) is 26.2 Å². The van der Waals surface area contributed by atoms with Gasteiger partial charge in [0.2, 0.25) is 11.8 Å². The standard InChI is InChI=1S/C28H32BrN3O4S/c1-5-30-28(34)22(4)31(18-23-10-7-6-9-21(23)3)27(33)19-32(25-12-8-11-24(29)17-25)37(35,36)26-15-13-20(2)14-16-26/h6-17,22H,5,18-19H2,1-4H3,(H,30,34)/t22-/m1/s1. The first kappa shape index (κ1) is 28.4. The fourth-order valence-corrected chi connectivity index (χ4v) is 5.67. The summed E-state index contributed by atoms with van der Waals surface area (Å²) < 4.78 is 29.4. The van der Waals surface area contributed by atoms with Crippen LogP contribution in [0, 0.1) is 13.8 Å². The van der Waals surface area contributed by atoms with E-state index in [1.165, 1.54) is 17.0 Å². The van der Waals surface area contributed by atoms with Crippen molar-refractivity contribution in [1.82, 2.24) is 10.2 Å². The average molecular weight is 587 g/mol. The summed E-state index contributed by atoms with van der Waals surface area (Å²) in [5.74, 6) is -0.794. The van der Waals surface area contributed by atoms with Gasteiger partial charge in [-0.05, 0) is 69.2 Å². The van der Waals surface area contributed by atoms with Gasteiger partial charge in [0.1, 0.15) is 12.6 Å². The van der Waals surface area contributed by atoms with Crippen molar-refractivity contribution in [2.45, 2.75) is 45.2 Å². The maximum atomic E-state index is 13.8. The van der Waals surface area contributed by atoms with Crippen LogP contribution in [0.1, 0.15) is 30.5 Å². The zero-order valence-corrected chi connectivity index (χ0v) is 23.8. The third-order valence-corrected chi connectivity index (χ3v) is 8.39. The minimum Gasteiger partial charge on any atom is -0.355 e. The molecule has 0 aliphatic carbocycles. The first-order valence-electron chi connectivity index (χ1n) is 12.0. The molecule has 3 aromatic carbocycles. The van der Waals surface area contributed by atoms with Crippen LogP contribution in [0.5, 0.6) is 0 Å². The zero-order valence-electron chi connectivity index (χ0n) is 21.4. The lowest BCUT2D eigenvalue weighted by Gasteiger charge is -2.32. The average Bonchev–Trinajstić information content (AvgIpc) is 2.86. The van der Waals surface area contributed by atoms with E-state index in [0.29, 0.717) is 16.7 Å². The van der Waals surface area contributed by atoms with E-state index in [0.717, 1.165) is 21.0 Å². The molecule has 9 heteroatoms. The van der Waals surface area contributed by atoms with Crippen LogP contribution >= 0.6 is 15.9 Å². The largest absolute Gasteiger partial charge is 0.355 e. The summed E-state index contributed by atoms with van der Waals surface area (Å²) in [5.41, 5.74) is 3.11. The van der Waals surface area contributed by atoms with Crippen molar-refractivity contribution in [3.63, 3.8) is 0 Å². The number of nitrogens with one attached hydrogen (secondary N) is 1. The summed E-state index contributed by atoms with van der Waals surface area (Å²) in [6.07, 6.45) is 0. The predicted molar refractivity (Wildman–Crippen MR) is 150 cm³/mol. The second kappa shape index (κ2) is 12.4. The summed E-state index contributed by atoms with van der Waals surface area (Å²) in [7, 11) is -4.09. The summed E-state index contributed by atoms with van der Waals surface area (Å²) in [6.45, 7) is 7.38. The molecule has 0 bridgehead atoms. The number of likely N-dealkylation sites (N-methyl/N-ethyl adjacent to an activating group) is 1. The monoisotopic (exact) mass is 585 g/mol. The van der Waals surface area contributed by atoms with Crippen LogP contribution in [0.2, 0.25) is 0 Å². The molecule has 0 aliphatic rings. The van der Waals surface area contributed by atoms with Gasteiger partial charge in [0, 0.05) is 17.6 Å². The number of benzene rings is 3.